The largest absolute Gasteiger partial charge is 0.466 e. The van der Waals surface area contributed by atoms with Crippen molar-refractivity contribution in [1.29, 1.82) is 0 Å². The molecular weight excluding hydrogens is 168 g/mol. The van der Waals surface area contributed by atoms with Crippen LogP contribution in [-0.2, 0) is 14.3 Å². The van der Waals surface area contributed by atoms with Gasteiger partial charge in [0, 0.05) is 0 Å². The van der Waals surface area contributed by atoms with Gasteiger partial charge < -0.3 is 9.47 Å². The Morgan fingerprint density at radius 1 is 1.54 bits per heavy atom. The second kappa shape index (κ2) is 5.22. The number of ether oxygens (including phenoxy) is 2. The topological polar surface area (TPSA) is 35.5 Å². The Bertz CT molecular complexity index is 164. The molecule has 0 amide bonds. The number of hydrogen-bond donors (Lipinski definition) is 0. The number of esters is 1. The van der Waals surface area contributed by atoms with Crippen LogP contribution in [0.1, 0.15) is 39.5 Å². The first-order valence-electron chi connectivity index (χ1n) is 5.03. The van der Waals surface area contributed by atoms with E-state index in [2.05, 4.69) is 0 Å². The average molecular weight is 186 g/mol. The standard InChI is InChI=1S/C10H18O3/c1-3-12-10(11)7-8(2)13-9-5-4-6-9/h8-9H,3-7H2,1-2H3. The quantitative estimate of drug-likeness (QED) is 0.615. The van der Waals surface area contributed by atoms with Crippen LogP contribution in [0.3, 0.4) is 0 Å². The minimum Gasteiger partial charge on any atom is -0.466 e. The van der Waals surface area contributed by atoms with Gasteiger partial charge in [0.05, 0.1) is 25.2 Å². The number of rotatable bonds is 5. The Hall–Kier alpha value is -0.570. The summed E-state index contributed by atoms with van der Waals surface area (Å²) in [5, 5.41) is 0. The van der Waals surface area contributed by atoms with Gasteiger partial charge in [-0.2, -0.15) is 0 Å². The second-order valence-corrected chi connectivity index (χ2v) is 3.51. The van der Waals surface area contributed by atoms with Crippen LogP contribution in [0.25, 0.3) is 0 Å². The molecule has 1 unspecified atom stereocenters. The molecule has 0 aliphatic heterocycles. The Morgan fingerprint density at radius 3 is 2.69 bits per heavy atom. The molecule has 0 spiro atoms. The van der Waals surface area contributed by atoms with Crippen molar-refractivity contribution in [3.63, 3.8) is 0 Å². The zero-order valence-corrected chi connectivity index (χ0v) is 8.41. The van der Waals surface area contributed by atoms with Crippen molar-refractivity contribution in [2.24, 2.45) is 0 Å². The van der Waals surface area contributed by atoms with Crippen molar-refractivity contribution >= 4 is 5.97 Å². The molecule has 0 aromatic carbocycles. The summed E-state index contributed by atoms with van der Waals surface area (Å²) in [7, 11) is 0. The Labute approximate surface area is 79.4 Å². The lowest BCUT2D eigenvalue weighted by Gasteiger charge is -2.28. The first kappa shape index (κ1) is 10.5. The maximum atomic E-state index is 11.0. The van der Waals surface area contributed by atoms with Gasteiger partial charge in [-0.25, -0.2) is 0 Å². The fourth-order valence-corrected chi connectivity index (χ4v) is 1.34. The van der Waals surface area contributed by atoms with E-state index in [-0.39, 0.29) is 12.1 Å². The molecule has 13 heavy (non-hydrogen) atoms. The maximum absolute atomic E-state index is 11.0. The summed E-state index contributed by atoms with van der Waals surface area (Å²) >= 11 is 0. The Kier molecular flexibility index (Phi) is 4.22. The van der Waals surface area contributed by atoms with Crippen molar-refractivity contribution in [2.75, 3.05) is 6.61 Å². The van der Waals surface area contributed by atoms with Gasteiger partial charge in [0.2, 0.25) is 0 Å². The summed E-state index contributed by atoms with van der Waals surface area (Å²) in [5.74, 6) is -0.158. The summed E-state index contributed by atoms with van der Waals surface area (Å²) in [6, 6.07) is 0. The Balaban J connectivity index is 2.08. The molecule has 1 atom stereocenters. The van der Waals surface area contributed by atoms with Crippen LogP contribution in [0.2, 0.25) is 0 Å². The lowest BCUT2D eigenvalue weighted by Crippen LogP contribution is -2.28. The predicted molar refractivity (Wildman–Crippen MR) is 49.4 cm³/mol. The van der Waals surface area contributed by atoms with Crippen LogP contribution < -0.4 is 0 Å². The van der Waals surface area contributed by atoms with Crippen molar-refractivity contribution in [1.82, 2.24) is 0 Å². The van der Waals surface area contributed by atoms with Crippen LogP contribution in [0.5, 0.6) is 0 Å². The third kappa shape index (κ3) is 3.77. The number of hydrogen-bond acceptors (Lipinski definition) is 3. The summed E-state index contributed by atoms with van der Waals surface area (Å²) in [4.78, 5) is 11.0. The molecule has 0 saturated heterocycles. The maximum Gasteiger partial charge on any atom is 0.308 e. The van der Waals surface area contributed by atoms with E-state index in [9.17, 15) is 4.79 Å². The number of carbonyl (C=O) groups excluding carboxylic acids is 1. The van der Waals surface area contributed by atoms with Crippen LogP contribution in [0.15, 0.2) is 0 Å². The van der Waals surface area contributed by atoms with Crippen LogP contribution in [-0.4, -0.2) is 24.8 Å². The molecule has 1 rings (SSSR count). The van der Waals surface area contributed by atoms with E-state index >= 15 is 0 Å². The minimum atomic E-state index is -0.158. The molecule has 0 radical (unpaired) electrons. The highest BCUT2D eigenvalue weighted by molar-refractivity contribution is 5.69. The van der Waals surface area contributed by atoms with Gasteiger partial charge in [0.1, 0.15) is 0 Å². The molecular formula is C10H18O3. The zero-order valence-electron chi connectivity index (χ0n) is 8.41. The lowest BCUT2D eigenvalue weighted by molar-refractivity contribution is -0.148. The lowest BCUT2D eigenvalue weighted by atomic mass is 9.96. The van der Waals surface area contributed by atoms with E-state index in [4.69, 9.17) is 9.47 Å². The van der Waals surface area contributed by atoms with E-state index < -0.39 is 0 Å². The average Bonchev–Trinajstić information content (AvgIpc) is 1.97. The molecule has 76 valence electrons. The molecule has 3 nitrogen and oxygen atoms in total. The van der Waals surface area contributed by atoms with Crippen LogP contribution in [0.4, 0.5) is 0 Å². The van der Waals surface area contributed by atoms with E-state index in [0.29, 0.717) is 19.1 Å². The molecule has 3 heteroatoms. The van der Waals surface area contributed by atoms with Gasteiger partial charge in [-0.1, -0.05) is 0 Å². The molecule has 0 aromatic rings. The second-order valence-electron chi connectivity index (χ2n) is 3.51. The van der Waals surface area contributed by atoms with Gasteiger partial charge in [-0.05, 0) is 33.1 Å². The van der Waals surface area contributed by atoms with Crippen molar-refractivity contribution < 1.29 is 14.3 Å². The van der Waals surface area contributed by atoms with Crippen LogP contribution in [0, 0.1) is 0 Å². The van der Waals surface area contributed by atoms with Gasteiger partial charge in [-0.15, -0.1) is 0 Å². The molecule has 0 aromatic heterocycles. The first-order chi connectivity index (χ1) is 6.22. The van der Waals surface area contributed by atoms with E-state index in [1.165, 1.54) is 6.42 Å². The van der Waals surface area contributed by atoms with E-state index in [0.717, 1.165) is 12.8 Å². The molecule has 0 bridgehead atoms. The molecule has 1 aliphatic rings. The van der Waals surface area contributed by atoms with Gasteiger partial charge in [0.25, 0.3) is 0 Å². The third-order valence-corrected chi connectivity index (χ3v) is 2.24. The molecule has 0 N–H and O–H groups in total. The summed E-state index contributed by atoms with van der Waals surface area (Å²) < 4.78 is 10.4. The summed E-state index contributed by atoms with van der Waals surface area (Å²) in [5.41, 5.74) is 0. The molecule has 1 saturated carbocycles. The molecule has 1 aliphatic carbocycles. The van der Waals surface area contributed by atoms with Crippen LogP contribution >= 0.6 is 0 Å². The zero-order chi connectivity index (χ0) is 9.68. The highest BCUT2D eigenvalue weighted by Gasteiger charge is 2.21. The summed E-state index contributed by atoms with van der Waals surface area (Å²) in [6.45, 7) is 4.19. The normalized spacial score (nSPS) is 19.2. The van der Waals surface area contributed by atoms with Crippen molar-refractivity contribution in [2.45, 2.75) is 51.7 Å². The smallest absolute Gasteiger partial charge is 0.308 e. The fourth-order valence-electron chi connectivity index (χ4n) is 1.34. The number of carbonyl (C=O) groups is 1. The predicted octanol–water partition coefficient (Wildman–Crippen LogP) is 1.90. The van der Waals surface area contributed by atoms with E-state index in [1.807, 2.05) is 13.8 Å². The van der Waals surface area contributed by atoms with Gasteiger partial charge in [-0.3, -0.25) is 4.79 Å². The summed E-state index contributed by atoms with van der Waals surface area (Å²) in [6.07, 6.45) is 4.33. The van der Waals surface area contributed by atoms with Crippen molar-refractivity contribution in [3.8, 4) is 0 Å². The monoisotopic (exact) mass is 186 g/mol. The van der Waals surface area contributed by atoms with Crippen molar-refractivity contribution in [3.05, 3.63) is 0 Å². The fraction of sp³-hybridized carbons (Fsp3) is 0.900. The molecule has 1 fully saturated rings. The van der Waals surface area contributed by atoms with E-state index in [1.54, 1.807) is 0 Å². The highest BCUT2D eigenvalue weighted by Crippen LogP contribution is 2.23. The van der Waals surface area contributed by atoms with Gasteiger partial charge in [0.15, 0.2) is 0 Å². The first-order valence-corrected chi connectivity index (χ1v) is 5.03. The SMILES string of the molecule is CCOC(=O)CC(C)OC1CCC1. The molecule has 0 heterocycles. The Morgan fingerprint density at radius 2 is 2.23 bits per heavy atom. The minimum absolute atomic E-state index is 0.00403. The van der Waals surface area contributed by atoms with Gasteiger partial charge >= 0.3 is 5.97 Å². The highest BCUT2D eigenvalue weighted by atomic mass is 16.5. The third-order valence-electron chi connectivity index (χ3n) is 2.24.